The van der Waals surface area contributed by atoms with Gasteiger partial charge < -0.3 is 9.64 Å². The summed E-state index contributed by atoms with van der Waals surface area (Å²) < 4.78 is 5.62. The van der Waals surface area contributed by atoms with Crippen molar-refractivity contribution in [2.45, 2.75) is 39.5 Å². The van der Waals surface area contributed by atoms with Crippen molar-refractivity contribution in [3.05, 3.63) is 35.9 Å². The first-order valence-electron chi connectivity index (χ1n) is 7.77. The molecule has 0 N–H and O–H groups in total. The number of hydrogen-bond acceptors (Lipinski definition) is 3. The van der Waals surface area contributed by atoms with Crippen LogP contribution in [0.3, 0.4) is 0 Å². The zero-order valence-electron chi connectivity index (χ0n) is 13.3. The molecule has 2 rings (SSSR count). The maximum Gasteiger partial charge on any atom is 0.237 e. The third-order valence-electron chi connectivity index (χ3n) is 4.03. The van der Waals surface area contributed by atoms with Crippen molar-refractivity contribution >= 4 is 5.91 Å². The van der Waals surface area contributed by atoms with Gasteiger partial charge in [0.05, 0.1) is 19.3 Å². The van der Waals surface area contributed by atoms with Crippen LogP contribution in [-0.2, 0) is 16.1 Å². The van der Waals surface area contributed by atoms with Gasteiger partial charge in [-0.1, -0.05) is 30.3 Å². The fourth-order valence-corrected chi connectivity index (χ4v) is 2.65. The predicted octanol–water partition coefficient (Wildman–Crippen LogP) is 2.14. The van der Waals surface area contributed by atoms with E-state index in [1.165, 1.54) is 5.56 Å². The quantitative estimate of drug-likeness (QED) is 0.833. The van der Waals surface area contributed by atoms with Gasteiger partial charge in [-0.05, 0) is 26.3 Å². The molecule has 1 heterocycles. The molecule has 1 saturated heterocycles. The van der Waals surface area contributed by atoms with Gasteiger partial charge in [0, 0.05) is 25.7 Å². The van der Waals surface area contributed by atoms with Gasteiger partial charge in [-0.25, -0.2) is 0 Å². The first-order valence-corrected chi connectivity index (χ1v) is 7.77. The molecule has 2 unspecified atom stereocenters. The largest absolute Gasteiger partial charge is 0.376 e. The van der Waals surface area contributed by atoms with Gasteiger partial charge in [-0.2, -0.15) is 0 Å². The van der Waals surface area contributed by atoms with Crippen LogP contribution in [0, 0.1) is 0 Å². The van der Waals surface area contributed by atoms with Crippen LogP contribution in [-0.4, -0.2) is 54.1 Å². The molecule has 1 aliphatic heterocycles. The van der Waals surface area contributed by atoms with E-state index in [9.17, 15) is 4.79 Å². The minimum absolute atomic E-state index is 0.197. The summed E-state index contributed by atoms with van der Waals surface area (Å²) in [7, 11) is 0. The van der Waals surface area contributed by atoms with Crippen LogP contribution in [0.1, 0.15) is 26.3 Å². The zero-order valence-corrected chi connectivity index (χ0v) is 13.3. The van der Waals surface area contributed by atoms with Crippen LogP contribution < -0.4 is 0 Å². The molecule has 116 valence electrons. The molecule has 0 aromatic heterocycles. The number of benzene rings is 1. The highest BCUT2D eigenvalue weighted by atomic mass is 16.5. The average molecular weight is 290 g/mol. The number of amides is 1. The number of ether oxygens (including phenoxy) is 1. The van der Waals surface area contributed by atoms with Gasteiger partial charge in [0.25, 0.3) is 0 Å². The van der Waals surface area contributed by atoms with Gasteiger partial charge in [0.15, 0.2) is 0 Å². The van der Waals surface area contributed by atoms with Gasteiger partial charge in [-0.3, -0.25) is 9.69 Å². The number of nitrogens with zero attached hydrogens (tertiary/aromatic N) is 2. The molecule has 4 heteroatoms. The summed E-state index contributed by atoms with van der Waals surface area (Å²) in [6, 6.07) is 10.5. The average Bonchev–Trinajstić information content (AvgIpc) is 2.49. The highest BCUT2D eigenvalue weighted by Crippen LogP contribution is 2.12. The van der Waals surface area contributed by atoms with E-state index in [0.29, 0.717) is 25.7 Å². The normalized spacial score (nSPS) is 23.0. The molecule has 4 nitrogen and oxygen atoms in total. The zero-order chi connectivity index (χ0) is 15.2. The first kappa shape index (κ1) is 16.0. The van der Waals surface area contributed by atoms with Crippen molar-refractivity contribution in [1.82, 2.24) is 9.80 Å². The van der Waals surface area contributed by atoms with Gasteiger partial charge in [-0.15, -0.1) is 0 Å². The van der Waals surface area contributed by atoms with E-state index in [0.717, 1.165) is 13.1 Å². The molecule has 2 atom stereocenters. The number of morpholine rings is 1. The lowest BCUT2D eigenvalue weighted by Crippen LogP contribution is -2.51. The molecular formula is C17H26N2O2. The van der Waals surface area contributed by atoms with E-state index in [1.807, 2.05) is 30.0 Å². The Kier molecular flexibility index (Phi) is 5.76. The highest BCUT2D eigenvalue weighted by molar-refractivity contribution is 5.78. The fraction of sp³-hybridized carbons (Fsp3) is 0.588. The van der Waals surface area contributed by atoms with E-state index in [2.05, 4.69) is 30.9 Å². The van der Waals surface area contributed by atoms with E-state index >= 15 is 0 Å². The summed E-state index contributed by atoms with van der Waals surface area (Å²) in [5.41, 5.74) is 1.18. The minimum atomic E-state index is 0.197. The fourth-order valence-electron chi connectivity index (χ4n) is 2.65. The second kappa shape index (κ2) is 7.57. The summed E-state index contributed by atoms with van der Waals surface area (Å²) in [6.45, 7) is 9.65. The number of likely N-dealkylation sites (N-methyl/N-ethyl adjacent to an activating group) is 1. The topological polar surface area (TPSA) is 32.8 Å². The Morgan fingerprint density at radius 1 is 1.33 bits per heavy atom. The molecule has 1 fully saturated rings. The number of rotatable bonds is 5. The van der Waals surface area contributed by atoms with Crippen LogP contribution in [0.25, 0.3) is 0 Å². The van der Waals surface area contributed by atoms with Gasteiger partial charge in [0.2, 0.25) is 5.91 Å². The van der Waals surface area contributed by atoms with E-state index < -0.39 is 0 Å². The van der Waals surface area contributed by atoms with Crippen molar-refractivity contribution in [2.24, 2.45) is 0 Å². The lowest BCUT2D eigenvalue weighted by atomic mass is 10.2. The van der Waals surface area contributed by atoms with Gasteiger partial charge >= 0.3 is 0 Å². The SMILES string of the molecule is CCN(Cc1ccccc1)C(=O)CN1CC(C)OCC1C. The van der Waals surface area contributed by atoms with E-state index in [-0.39, 0.29) is 12.0 Å². The lowest BCUT2D eigenvalue weighted by molar-refractivity contribution is -0.136. The summed E-state index contributed by atoms with van der Waals surface area (Å²) >= 11 is 0. The van der Waals surface area contributed by atoms with Crippen LogP contribution >= 0.6 is 0 Å². The summed E-state index contributed by atoms with van der Waals surface area (Å²) in [4.78, 5) is 16.7. The number of carbonyl (C=O) groups excluding carboxylic acids is 1. The Labute approximate surface area is 127 Å². The third-order valence-corrected chi connectivity index (χ3v) is 4.03. The molecule has 0 radical (unpaired) electrons. The van der Waals surface area contributed by atoms with E-state index in [4.69, 9.17) is 4.74 Å². The van der Waals surface area contributed by atoms with Crippen molar-refractivity contribution in [2.75, 3.05) is 26.2 Å². The Balaban J connectivity index is 1.93. The smallest absolute Gasteiger partial charge is 0.237 e. The Bertz CT molecular complexity index is 449. The second-order valence-corrected chi connectivity index (χ2v) is 5.82. The summed E-state index contributed by atoms with van der Waals surface area (Å²) in [6.07, 6.45) is 0.207. The molecule has 1 aromatic carbocycles. The maximum absolute atomic E-state index is 12.5. The van der Waals surface area contributed by atoms with Crippen molar-refractivity contribution < 1.29 is 9.53 Å². The van der Waals surface area contributed by atoms with Crippen LogP contribution in [0.15, 0.2) is 30.3 Å². The summed E-state index contributed by atoms with van der Waals surface area (Å²) in [5.74, 6) is 0.197. The maximum atomic E-state index is 12.5. The molecule has 0 bridgehead atoms. The van der Waals surface area contributed by atoms with Crippen molar-refractivity contribution in [1.29, 1.82) is 0 Å². The molecule has 1 aromatic rings. The standard InChI is InChI=1S/C17H26N2O2/c1-4-18(11-16-8-6-5-7-9-16)17(20)12-19-10-15(3)21-13-14(19)2/h5-9,14-15H,4,10-13H2,1-3H3. The molecule has 21 heavy (non-hydrogen) atoms. The monoisotopic (exact) mass is 290 g/mol. The predicted molar refractivity (Wildman–Crippen MR) is 84.0 cm³/mol. The van der Waals surface area contributed by atoms with Crippen molar-refractivity contribution in [3.8, 4) is 0 Å². The molecule has 0 aliphatic carbocycles. The third kappa shape index (κ3) is 4.55. The molecule has 1 aliphatic rings. The Hall–Kier alpha value is -1.39. The lowest BCUT2D eigenvalue weighted by Gasteiger charge is -2.37. The molecule has 1 amide bonds. The molecular weight excluding hydrogens is 264 g/mol. The van der Waals surface area contributed by atoms with Crippen LogP contribution in [0.5, 0.6) is 0 Å². The van der Waals surface area contributed by atoms with Crippen LogP contribution in [0.4, 0.5) is 0 Å². The highest BCUT2D eigenvalue weighted by Gasteiger charge is 2.26. The van der Waals surface area contributed by atoms with Crippen LogP contribution in [0.2, 0.25) is 0 Å². The number of hydrogen-bond donors (Lipinski definition) is 0. The second-order valence-electron chi connectivity index (χ2n) is 5.82. The first-order chi connectivity index (χ1) is 10.1. The number of carbonyl (C=O) groups is 1. The Morgan fingerprint density at radius 3 is 2.71 bits per heavy atom. The minimum Gasteiger partial charge on any atom is -0.376 e. The summed E-state index contributed by atoms with van der Waals surface area (Å²) in [5, 5.41) is 0. The molecule has 0 saturated carbocycles. The Morgan fingerprint density at radius 2 is 2.05 bits per heavy atom. The van der Waals surface area contributed by atoms with E-state index in [1.54, 1.807) is 0 Å². The van der Waals surface area contributed by atoms with Crippen molar-refractivity contribution in [3.63, 3.8) is 0 Å². The molecule has 0 spiro atoms. The van der Waals surface area contributed by atoms with Gasteiger partial charge in [0.1, 0.15) is 0 Å².